The van der Waals surface area contributed by atoms with E-state index < -0.39 is 0 Å². The summed E-state index contributed by atoms with van der Waals surface area (Å²) in [5.41, 5.74) is 2.65. The normalized spacial score (nSPS) is 19.8. The van der Waals surface area contributed by atoms with E-state index in [1.54, 1.807) is 0 Å². The highest BCUT2D eigenvalue weighted by Crippen LogP contribution is 2.35. The molecule has 23 heavy (non-hydrogen) atoms. The lowest BCUT2D eigenvalue weighted by Crippen LogP contribution is -2.46. The van der Waals surface area contributed by atoms with Crippen molar-refractivity contribution in [2.45, 2.75) is 38.6 Å². The van der Waals surface area contributed by atoms with Crippen LogP contribution in [0.1, 0.15) is 42.5 Å². The summed E-state index contributed by atoms with van der Waals surface area (Å²) in [4.78, 5) is 4.86. The monoisotopic (exact) mass is 312 g/mol. The number of rotatable bonds is 4. The van der Waals surface area contributed by atoms with Gasteiger partial charge in [0.1, 0.15) is 0 Å². The highest BCUT2D eigenvalue weighted by atomic mass is 16.4. The standard InChI is InChI=1S/C18H24N4O/c1-14-4-2-7-16(12-14)22-10-8-21(9-11-22)13-17-19-20-18(23-17)15-5-3-6-15/h2,4,7,12,15H,3,5-6,8-11,13H2,1H3. The molecule has 1 saturated heterocycles. The fraction of sp³-hybridized carbons (Fsp3) is 0.556. The minimum Gasteiger partial charge on any atom is -0.424 e. The maximum absolute atomic E-state index is 5.84. The molecule has 1 aliphatic carbocycles. The average Bonchev–Trinajstić information content (AvgIpc) is 2.94. The van der Waals surface area contributed by atoms with Crippen LogP contribution in [0.2, 0.25) is 0 Å². The van der Waals surface area contributed by atoms with Crippen LogP contribution < -0.4 is 4.90 Å². The van der Waals surface area contributed by atoms with Gasteiger partial charge < -0.3 is 9.32 Å². The fourth-order valence-electron chi connectivity index (χ4n) is 3.33. The molecule has 1 aromatic carbocycles. The third-order valence-electron chi connectivity index (χ3n) is 5.03. The number of nitrogens with zero attached hydrogens (tertiary/aromatic N) is 4. The van der Waals surface area contributed by atoms with Gasteiger partial charge in [0.15, 0.2) is 0 Å². The first kappa shape index (κ1) is 14.7. The molecule has 122 valence electrons. The summed E-state index contributed by atoms with van der Waals surface area (Å²) < 4.78 is 5.84. The molecule has 2 aliphatic rings. The fourth-order valence-corrected chi connectivity index (χ4v) is 3.33. The minimum atomic E-state index is 0.523. The molecule has 4 rings (SSSR count). The number of hydrogen-bond acceptors (Lipinski definition) is 5. The number of aromatic nitrogens is 2. The van der Waals surface area contributed by atoms with Crippen LogP contribution in [0.3, 0.4) is 0 Å². The van der Waals surface area contributed by atoms with E-state index in [0.29, 0.717) is 5.92 Å². The summed E-state index contributed by atoms with van der Waals surface area (Å²) in [5.74, 6) is 2.15. The Morgan fingerprint density at radius 2 is 1.96 bits per heavy atom. The predicted molar refractivity (Wildman–Crippen MR) is 89.6 cm³/mol. The maximum Gasteiger partial charge on any atom is 0.230 e. The van der Waals surface area contributed by atoms with E-state index >= 15 is 0 Å². The largest absolute Gasteiger partial charge is 0.424 e. The van der Waals surface area contributed by atoms with Crippen molar-refractivity contribution >= 4 is 5.69 Å². The number of anilines is 1. The Hall–Kier alpha value is -1.88. The van der Waals surface area contributed by atoms with Gasteiger partial charge in [0.2, 0.25) is 11.8 Å². The summed E-state index contributed by atoms with van der Waals surface area (Å²) in [7, 11) is 0. The van der Waals surface area contributed by atoms with Crippen LogP contribution in [0.5, 0.6) is 0 Å². The number of benzene rings is 1. The minimum absolute atomic E-state index is 0.523. The summed E-state index contributed by atoms with van der Waals surface area (Å²) in [6.07, 6.45) is 3.71. The highest BCUT2D eigenvalue weighted by molar-refractivity contribution is 5.48. The number of piperazine rings is 1. The number of hydrogen-bond donors (Lipinski definition) is 0. The first-order valence-electron chi connectivity index (χ1n) is 8.64. The van der Waals surface area contributed by atoms with Crippen LogP contribution in [-0.4, -0.2) is 41.3 Å². The van der Waals surface area contributed by atoms with Crippen LogP contribution >= 0.6 is 0 Å². The van der Waals surface area contributed by atoms with E-state index in [1.165, 1.54) is 30.5 Å². The molecule has 1 saturated carbocycles. The zero-order chi connectivity index (χ0) is 15.6. The van der Waals surface area contributed by atoms with Crippen LogP contribution in [-0.2, 0) is 6.54 Å². The summed E-state index contributed by atoms with van der Waals surface area (Å²) >= 11 is 0. The van der Waals surface area contributed by atoms with E-state index in [2.05, 4.69) is 51.2 Å². The zero-order valence-electron chi connectivity index (χ0n) is 13.7. The molecule has 0 atom stereocenters. The maximum atomic E-state index is 5.84. The van der Waals surface area contributed by atoms with Gasteiger partial charge in [-0.1, -0.05) is 18.6 Å². The third-order valence-corrected chi connectivity index (χ3v) is 5.03. The van der Waals surface area contributed by atoms with E-state index in [1.807, 2.05) is 0 Å². The molecule has 1 aliphatic heterocycles. The molecule has 0 N–H and O–H groups in total. The quantitative estimate of drug-likeness (QED) is 0.868. The van der Waals surface area contributed by atoms with Crippen molar-refractivity contribution in [2.24, 2.45) is 0 Å². The Balaban J connectivity index is 1.32. The van der Waals surface area contributed by atoms with Gasteiger partial charge >= 0.3 is 0 Å². The molecule has 2 aromatic rings. The first-order chi connectivity index (χ1) is 11.3. The van der Waals surface area contributed by atoms with Crippen LogP contribution in [0.15, 0.2) is 28.7 Å². The summed E-state index contributed by atoms with van der Waals surface area (Å²) in [5, 5.41) is 8.45. The van der Waals surface area contributed by atoms with Crippen molar-refractivity contribution < 1.29 is 4.42 Å². The van der Waals surface area contributed by atoms with Crippen LogP contribution in [0.25, 0.3) is 0 Å². The average molecular weight is 312 g/mol. The lowest BCUT2D eigenvalue weighted by molar-refractivity contribution is 0.219. The second-order valence-corrected chi connectivity index (χ2v) is 6.76. The molecular weight excluding hydrogens is 288 g/mol. The van der Waals surface area contributed by atoms with Crippen molar-refractivity contribution in [3.05, 3.63) is 41.6 Å². The molecule has 5 heteroatoms. The number of aryl methyl sites for hydroxylation is 1. The van der Waals surface area contributed by atoms with Crippen molar-refractivity contribution in [3.63, 3.8) is 0 Å². The SMILES string of the molecule is Cc1cccc(N2CCN(Cc3nnc(C4CCC4)o3)CC2)c1. The molecular formula is C18H24N4O. The molecule has 0 amide bonds. The Bertz CT molecular complexity index is 657. The lowest BCUT2D eigenvalue weighted by atomic mass is 9.85. The Morgan fingerprint density at radius 1 is 1.13 bits per heavy atom. The van der Waals surface area contributed by atoms with Gasteiger partial charge in [-0.2, -0.15) is 0 Å². The van der Waals surface area contributed by atoms with Crippen molar-refractivity contribution in [3.8, 4) is 0 Å². The first-order valence-corrected chi connectivity index (χ1v) is 8.64. The topological polar surface area (TPSA) is 45.4 Å². The molecule has 0 radical (unpaired) electrons. The highest BCUT2D eigenvalue weighted by Gasteiger charge is 2.26. The van der Waals surface area contributed by atoms with Gasteiger partial charge in [0.05, 0.1) is 6.54 Å². The lowest BCUT2D eigenvalue weighted by Gasteiger charge is -2.35. The van der Waals surface area contributed by atoms with Gasteiger partial charge in [0, 0.05) is 37.8 Å². The smallest absolute Gasteiger partial charge is 0.230 e. The second-order valence-electron chi connectivity index (χ2n) is 6.76. The van der Waals surface area contributed by atoms with Crippen LogP contribution in [0.4, 0.5) is 5.69 Å². The Labute approximate surface area is 137 Å². The Morgan fingerprint density at radius 3 is 2.65 bits per heavy atom. The molecule has 0 spiro atoms. The van der Waals surface area contributed by atoms with E-state index in [-0.39, 0.29) is 0 Å². The van der Waals surface area contributed by atoms with Crippen molar-refractivity contribution in [1.29, 1.82) is 0 Å². The molecule has 1 aromatic heterocycles. The molecule has 0 unspecified atom stereocenters. The molecule has 0 bridgehead atoms. The second kappa shape index (κ2) is 6.32. The van der Waals surface area contributed by atoms with Gasteiger partial charge in [-0.3, -0.25) is 4.90 Å². The van der Waals surface area contributed by atoms with Crippen molar-refractivity contribution in [2.75, 3.05) is 31.1 Å². The van der Waals surface area contributed by atoms with Gasteiger partial charge in [0.25, 0.3) is 0 Å². The molecule has 5 nitrogen and oxygen atoms in total. The van der Waals surface area contributed by atoms with Gasteiger partial charge in [-0.25, -0.2) is 0 Å². The zero-order valence-corrected chi connectivity index (χ0v) is 13.7. The van der Waals surface area contributed by atoms with E-state index in [0.717, 1.165) is 44.5 Å². The van der Waals surface area contributed by atoms with Crippen LogP contribution in [0, 0.1) is 6.92 Å². The summed E-state index contributed by atoms with van der Waals surface area (Å²) in [6.45, 7) is 7.10. The van der Waals surface area contributed by atoms with Gasteiger partial charge in [-0.15, -0.1) is 10.2 Å². The van der Waals surface area contributed by atoms with E-state index in [4.69, 9.17) is 4.42 Å². The van der Waals surface area contributed by atoms with Crippen molar-refractivity contribution in [1.82, 2.24) is 15.1 Å². The van der Waals surface area contributed by atoms with Gasteiger partial charge in [-0.05, 0) is 37.5 Å². The molecule has 2 fully saturated rings. The molecule has 2 heterocycles. The third kappa shape index (κ3) is 3.24. The van der Waals surface area contributed by atoms with E-state index in [9.17, 15) is 0 Å². The summed E-state index contributed by atoms with van der Waals surface area (Å²) in [6, 6.07) is 8.75. The predicted octanol–water partition coefficient (Wildman–Crippen LogP) is 2.97. The Kier molecular flexibility index (Phi) is 4.04.